The molecule has 45 heavy (non-hydrogen) atoms. The number of likely N-dealkylation sites (N-methyl/N-ethyl adjacent to an activating group) is 1. The summed E-state index contributed by atoms with van der Waals surface area (Å²) in [4.78, 5) is 48.5. The number of aryl methyl sites for hydroxylation is 1. The van der Waals surface area contributed by atoms with Crippen LogP contribution in [0.4, 0.5) is 11.6 Å². The number of aromatic nitrogens is 5. The molecule has 0 spiro atoms. The highest BCUT2D eigenvalue weighted by molar-refractivity contribution is 5.85. The van der Waals surface area contributed by atoms with Crippen molar-refractivity contribution in [3.8, 4) is 28.1 Å². The molecule has 2 saturated heterocycles. The molecule has 11 heteroatoms. The number of H-pyrrole nitrogens is 1. The molecule has 1 atom stereocenters. The molecule has 0 saturated carbocycles. The molecule has 2 aliphatic rings. The zero-order chi connectivity index (χ0) is 30.9. The lowest BCUT2D eigenvalue weighted by atomic mass is 10.0. The highest BCUT2D eigenvalue weighted by Crippen LogP contribution is 2.28. The topological polar surface area (TPSA) is 121 Å². The predicted molar refractivity (Wildman–Crippen MR) is 174 cm³/mol. The van der Waals surface area contributed by atoms with Gasteiger partial charge in [0.2, 0.25) is 11.9 Å². The van der Waals surface area contributed by atoms with E-state index in [0.29, 0.717) is 41.2 Å². The zero-order valence-corrected chi connectivity index (χ0v) is 25.5. The van der Waals surface area contributed by atoms with Gasteiger partial charge in [-0.2, -0.15) is 4.98 Å². The first kappa shape index (κ1) is 28.7. The number of carbonyl (C=O) groups is 1. The number of nitrogens with one attached hydrogen (secondary N) is 2. The second-order valence-electron chi connectivity index (χ2n) is 11.9. The van der Waals surface area contributed by atoms with Gasteiger partial charge in [0, 0.05) is 78.7 Å². The summed E-state index contributed by atoms with van der Waals surface area (Å²) in [6.45, 7) is 5.22. The number of hydrogen-bond acceptors (Lipinski definition) is 8. The lowest BCUT2D eigenvalue weighted by molar-refractivity contribution is -0.130. The van der Waals surface area contributed by atoms with Crippen molar-refractivity contribution in [1.82, 2.24) is 34.3 Å². The summed E-state index contributed by atoms with van der Waals surface area (Å²) in [5, 5.41) is 3.90. The molecule has 5 aromatic rings. The molecule has 6 heterocycles. The molecular formula is C34H36N8O3. The van der Waals surface area contributed by atoms with Crippen LogP contribution in [-0.4, -0.2) is 79.5 Å². The molecule has 230 valence electrons. The molecule has 0 bridgehead atoms. The van der Waals surface area contributed by atoms with E-state index in [9.17, 15) is 9.59 Å². The van der Waals surface area contributed by atoms with E-state index in [0.717, 1.165) is 60.6 Å². The number of carbonyl (C=O) groups excluding carboxylic acids is 1. The summed E-state index contributed by atoms with van der Waals surface area (Å²) in [5.41, 5.74) is 4.73. The first-order chi connectivity index (χ1) is 21.9. The van der Waals surface area contributed by atoms with Crippen LogP contribution in [0.15, 0.2) is 72.0 Å². The third kappa shape index (κ3) is 6.03. The Hall–Kier alpha value is -5.03. The lowest BCUT2D eigenvalue weighted by Crippen LogP contribution is -2.35. The largest absolute Gasteiger partial charge is 0.489 e. The van der Waals surface area contributed by atoms with Crippen LogP contribution >= 0.6 is 0 Å². The number of benzene rings is 1. The number of pyridine rings is 2. The Labute approximate surface area is 260 Å². The second kappa shape index (κ2) is 12.2. The normalized spacial score (nSPS) is 16.8. The number of fused-ring (bicyclic) bond motifs is 1. The van der Waals surface area contributed by atoms with E-state index in [1.165, 1.54) is 4.57 Å². The number of ether oxygens (including phenoxy) is 1. The van der Waals surface area contributed by atoms with E-state index in [1.807, 2.05) is 60.6 Å². The van der Waals surface area contributed by atoms with Crippen LogP contribution in [0.25, 0.3) is 33.4 Å². The summed E-state index contributed by atoms with van der Waals surface area (Å²) >= 11 is 0. The average Bonchev–Trinajstić information content (AvgIpc) is 3.84. The van der Waals surface area contributed by atoms with Gasteiger partial charge < -0.3 is 24.8 Å². The maximum Gasteiger partial charge on any atom is 0.260 e. The van der Waals surface area contributed by atoms with Crippen molar-refractivity contribution in [2.24, 2.45) is 0 Å². The van der Waals surface area contributed by atoms with Gasteiger partial charge >= 0.3 is 0 Å². The van der Waals surface area contributed by atoms with Crippen molar-refractivity contribution >= 4 is 28.6 Å². The number of hydrogen-bond donors (Lipinski definition) is 2. The number of anilines is 2. The van der Waals surface area contributed by atoms with Crippen molar-refractivity contribution in [1.29, 1.82) is 0 Å². The molecule has 1 unspecified atom stereocenters. The maximum absolute atomic E-state index is 14.1. The standard InChI is InChI=1S/C34H36N8O3/c1-22-15-30(23-9-11-35-17-23)36-19-29(22)28-16-24-18-37-34(38-25-5-7-26(8-6-25)45-27-10-14-40(2)20-27)39-32(24)42(33(28)44)21-31(43)41-12-3-4-13-41/h5-9,11,15-19,27,35H,3-4,10,12-14,20-21H2,1-2H3,(H,37,38,39). The summed E-state index contributed by atoms with van der Waals surface area (Å²) in [6.07, 6.45) is 10.3. The van der Waals surface area contributed by atoms with Crippen LogP contribution in [0.2, 0.25) is 0 Å². The second-order valence-corrected chi connectivity index (χ2v) is 11.9. The van der Waals surface area contributed by atoms with Gasteiger partial charge in [0.15, 0.2) is 0 Å². The van der Waals surface area contributed by atoms with Gasteiger partial charge in [-0.1, -0.05) is 0 Å². The molecular weight excluding hydrogens is 568 g/mol. The minimum atomic E-state index is -0.293. The third-order valence-corrected chi connectivity index (χ3v) is 8.64. The van der Waals surface area contributed by atoms with Crippen LogP contribution in [0.1, 0.15) is 24.8 Å². The molecule has 2 N–H and O–H groups in total. The zero-order valence-electron chi connectivity index (χ0n) is 25.5. The number of likely N-dealkylation sites (tertiary alicyclic amines) is 2. The average molecular weight is 605 g/mol. The molecule has 7 rings (SSSR count). The molecule has 0 aliphatic carbocycles. The number of amides is 1. The highest BCUT2D eigenvalue weighted by atomic mass is 16.5. The Kier molecular flexibility index (Phi) is 7.76. The Morgan fingerprint density at radius 1 is 1.04 bits per heavy atom. The van der Waals surface area contributed by atoms with E-state index >= 15 is 0 Å². The van der Waals surface area contributed by atoms with Crippen LogP contribution in [0, 0.1) is 6.92 Å². The number of rotatable bonds is 8. The van der Waals surface area contributed by atoms with E-state index < -0.39 is 0 Å². The molecule has 11 nitrogen and oxygen atoms in total. The molecule has 4 aromatic heterocycles. The van der Waals surface area contributed by atoms with Gasteiger partial charge in [0.05, 0.1) is 5.69 Å². The van der Waals surface area contributed by atoms with E-state index in [2.05, 4.69) is 32.2 Å². The van der Waals surface area contributed by atoms with E-state index in [-0.39, 0.29) is 24.1 Å². The van der Waals surface area contributed by atoms with Crippen molar-refractivity contribution in [3.63, 3.8) is 0 Å². The third-order valence-electron chi connectivity index (χ3n) is 8.64. The lowest BCUT2D eigenvalue weighted by Gasteiger charge is -2.18. The number of aromatic amines is 1. The van der Waals surface area contributed by atoms with Crippen molar-refractivity contribution < 1.29 is 9.53 Å². The first-order valence-electron chi connectivity index (χ1n) is 15.4. The molecule has 2 aliphatic heterocycles. The summed E-state index contributed by atoms with van der Waals surface area (Å²) in [6, 6.07) is 13.4. The Bertz CT molecular complexity index is 1900. The van der Waals surface area contributed by atoms with Gasteiger partial charge in [-0.25, -0.2) is 4.98 Å². The fourth-order valence-corrected chi connectivity index (χ4v) is 6.17. The highest BCUT2D eigenvalue weighted by Gasteiger charge is 2.23. The summed E-state index contributed by atoms with van der Waals surface area (Å²) in [7, 11) is 2.10. The van der Waals surface area contributed by atoms with Crippen LogP contribution < -0.4 is 15.6 Å². The first-order valence-corrected chi connectivity index (χ1v) is 15.4. The van der Waals surface area contributed by atoms with Gasteiger partial charge in [0.25, 0.3) is 5.56 Å². The molecule has 0 radical (unpaired) electrons. The van der Waals surface area contributed by atoms with Crippen molar-refractivity contribution in [2.45, 2.75) is 38.8 Å². The Balaban J connectivity index is 1.22. The van der Waals surface area contributed by atoms with Crippen LogP contribution in [0.3, 0.4) is 0 Å². The van der Waals surface area contributed by atoms with Gasteiger partial charge in [-0.15, -0.1) is 0 Å². The Morgan fingerprint density at radius 2 is 1.87 bits per heavy atom. The summed E-state index contributed by atoms with van der Waals surface area (Å²) < 4.78 is 7.60. The minimum absolute atomic E-state index is 0.0946. The van der Waals surface area contributed by atoms with Crippen LogP contribution in [0.5, 0.6) is 5.75 Å². The minimum Gasteiger partial charge on any atom is -0.489 e. The van der Waals surface area contributed by atoms with Gasteiger partial charge in [-0.05, 0) is 81.3 Å². The van der Waals surface area contributed by atoms with E-state index in [4.69, 9.17) is 9.72 Å². The number of nitrogens with zero attached hydrogens (tertiary/aromatic N) is 6. The molecule has 2 fully saturated rings. The van der Waals surface area contributed by atoms with Crippen LogP contribution in [-0.2, 0) is 11.3 Å². The fraction of sp³-hybridized carbons (Fsp3) is 0.324. The molecule has 1 aromatic carbocycles. The fourth-order valence-electron chi connectivity index (χ4n) is 6.17. The molecule has 1 amide bonds. The SMILES string of the molecule is Cc1cc(-c2cc[nH]c2)ncc1-c1cc2cnc(Nc3ccc(OC4CCN(C)C4)cc3)nc2n(CC(=O)N2CCCC2)c1=O. The maximum atomic E-state index is 14.1. The quantitative estimate of drug-likeness (QED) is 0.264. The van der Waals surface area contributed by atoms with E-state index in [1.54, 1.807) is 18.5 Å². The van der Waals surface area contributed by atoms with Gasteiger partial charge in [0.1, 0.15) is 24.0 Å². The summed E-state index contributed by atoms with van der Waals surface area (Å²) in [5.74, 6) is 1.05. The van der Waals surface area contributed by atoms with Crippen molar-refractivity contribution in [2.75, 3.05) is 38.5 Å². The monoisotopic (exact) mass is 604 g/mol. The Morgan fingerprint density at radius 3 is 2.58 bits per heavy atom. The smallest absolute Gasteiger partial charge is 0.260 e. The predicted octanol–water partition coefficient (Wildman–Crippen LogP) is 4.61. The van der Waals surface area contributed by atoms with Crippen molar-refractivity contribution in [3.05, 3.63) is 83.2 Å². The van der Waals surface area contributed by atoms with Gasteiger partial charge in [-0.3, -0.25) is 19.1 Å².